The summed E-state index contributed by atoms with van der Waals surface area (Å²) in [6.45, 7) is 2.38. The molecule has 7 nitrogen and oxygen atoms in total. The number of aryl methyl sites for hydroxylation is 1. The summed E-state index contributed by atoms with van der Waals surface area (Å²) in [6.07, 6.45) is 2.54. The molecule has 1 aromatic carbocycles. The van der Waals surface area contributed by atoms with Crippen LogP contribution < -0.4 is 15.6 Å². The zero-order valence-electron chi connectivity index (χ0n) is 13.6. The van der Waals surface area contributed by atoms with Crippen LogP contribution in [-0.2, 0) is 6.42 Å². The lowest BCUT2D eigenvalue weighted by atomic mass is 10.1. The van der Waals surface area contributed by atoms with E-state index in [1.54, 1.807) is 35.7 Å². The van der Waals surface area contributed by atoms with E-state index in [1.165, 1.54) is 0 Å². The van der Waals surface area contributed by atoms with Crippen molar-refractivity contribution in [3.05, 3.63) is 65.1 Å². The number of ether oxygens (including phenoxy) is 1. The quantitative estimate of drug-likeness (QED) is 0.697. The molecule has 4 rings (SSSR count). The van der Waals surface area contributed by atoms with E-state index in [2.05, 4.69) is 15.8 Å². The van der Waals surface area contributed by atoms with Gasteiger partial charge >= 0.3 is 0 Å². The summed E-state index contributed by atoms with van der Waals surface area (Å²) >= 11 is 0. The van der Waals surface area contributed by atoms with Gasteiger partial charge in [-0.1, -0.05) is 6.07 Å². The van der Waals surface area contributed by atoms with Gasteiger partial charge in [0.05, 0.1) is 12.3 Å². The van der Waals surface area contributed by atoms with Crippen LogP contribution >= 0.6 is 0 Å². The summed E-state index contributed by atoms with van der Waals surface area (Å²) in [7, 11) is 0. The van der Waals surface area contributed by atoms with Gasteiger partial charge in [0.2, 0.25) is 0 Å². The Balaban J connectivity index is 1.50. The van der Waals surface area contributed by atoms with Gasteiger partial charge in [0.25, 0.3) is 11.8 Å². The molecule has 0 atom stereocenters. The van der Waals surface area contributed by atoms with Gasteiger partial charge in [-0.3, -0.25) is 24.8 Å². The molecule has 25 heavy (non-hydrogen) atoms. The number of hydrogen-bond acceptors (Lipinski definition) is 4. The van der Waals surface area contributed by atoms with Crippen molar-refractivity contribution in [2.75, 3.05) is 6.61 Å². The maximum absolute atomic E-state index is 12.5. The van der Waals surface area contributed by atoms with Gasteiger partial charge < -0.3 is 4.74 Å². The molecule has 0 radical (unpaired) electrons. The molecule has 0 bridgehead atoms. The van der Waals surface area contributed by atoms with Crippen LogP contribution in [0.5, 0.6) is 5.75 Å². The zero-order chi connectivity index (χ0) is 17.4. The van der Waals surface area contributed by atoms with Gasteiger partial charge in [-0.05, 0) is 42.8 Å². The summed E-state index contributed by atoms with van der Waals surface area (Å²) in [6, 6.07) is 10.7. The lowest BCUT2D eigenvalue weighted by Gasteiger charge is -2.09. The summed E-state index contributed by atoms with van der Waals surface area (Å²) in [5, 5.41) is 0. The molecule has 0 fully saturated rings. The van der Waals surface area contributed by atoms with Gasteiger partial charge in [-0.15, -0.1) is 0 Å². The molecule has 1 aliphatic heterocycles. The van der Waals surface area contributed by atoms with E-state index in [0.29, 0.717) is 29.2 Å². The predicted octanol–water partition coefficient (Wildman–Crippen LogP) is 1.65. The van der Waals surface area contributed by atoms with Crippen molar-refractivity contribution in [3.8, 4) is 5.75 Å². The van der Waals surface area contributed by atoms with E-state index in [9.17, 15) is 9.59 Å². The molecular weight excluding hydrogens is 320 g/mol. The largest absolute Gasteiger partial charge is 0.493 e. The maximum atomic E-state index is 12.5. The predicted molar refractivity (Wildman–Crippen MR) is 90.5 cm³/mol. The number of hydrazine groups is 1. The molecule has 126 valence electrons. The van der Waals surface area contributed by atoms with E-state index in [0.717, 1.165) is 17.7 Å². The number of hydrogen-bond donors (Lipinski definition) is 2. The number of rotatable bonds is 2. The number of fused-ring (bicyclic) bond motifs is 2. The fraction of sp³-hybridized carbons (Fsp3) is 0.167. The van der Waals surface area contributed by atoms with Crippen molar-refractivity contribution in [1.29, 1.82) is 0 Å². The SMILES string of the molecule is Cc1nc2ccccn2c1C(=O)NNC(=O)c1ccc2c(c1)CCO2. The first-order chi connectivity index (χ1) is 12.1. The van der Waals surface area contributed by atoms with Crippen LogP contribution in [0.1, 0.15) is 32.1 Å². The molecule has 7 heteroatoms. The summed E-state index contributed by atoms with van der Waals surface area (Å²) in [4.78, 5) is 29.1. The summed E-state index contributed by atoms with van der Waals surface area (Å²) in [5.74, 6) is 0.00510. The maximum Gasteiger partial charge on any atom is 0.288 e. The van der Waals surface area contributed by atoms with Crippen molar-refractivity contribution in [2.45, 2.75) is 13.3 Å². The van der Waals surface area contributed by atoms with Gasteiger partial charge in [0.1, 0.15) is 17.1 Å². The van der Waals surface area contributed by atoms with E-state index >= 15 is 0 Å². The first kappa shape index (κ1) is 15.2. The van der Waals surface area contributed by atoms with Crippen LogP contribution in [0.4, 0.5) is 0 Å². The van der Waals surface area contributed by atoms with Gasteiger partial charge in [-0.2, -0.15) is 0 Å². The van der Waals surface area contributed by atoms with Crippen LogP contribution in [0.3, 0.4) is 0 Å². The van der Waals surface area contributed by atoms with Crippen LogP contribution in [0.2, 0.25) is 0 Å². The minimum Gasteiger partial charge on any atom is -0.493 e. The number of nitrogens with one attached hydrogen (secondary N) is 2. The number of carbonyl (C=O) groups is 2. The van der Waals surface area contributed by atoms with Gasteiger partial charge in [0.15, 0.2) is 0 Å². The Bertz CT molecular complexity index is 993. The van der Waals surface area contributed by atoms with Crippen LogP contribution in [0, 0.1) is 6.92 Å². The summed E-state index contributed by atoms with van der Waals surface area (Å²) < 4.78 is 7.11. The van der Waals surface area contributed by atoms with Crippen LogP contribution in [0.15, 0.2) is 42.6 Å². The number of carbonyl (C=O) groups excluding carboxylic acids is 2. The molecule has 1 aliphatic rings. The highest BCUT2D eigenvalue weighted by Crippen LogP contribution is 2.25. The molecule has 3 aromatic rings. The molecule has 3 heterocycles. The molecule has 0 aliphatic carbocycles. The summed E-state index contributed by atoms with van der Waals surface area (Å²) in [5.41, 5.74) is 8.03. The monoisotopic (exact) mass is 336 g/mol. The number of nitrogens with zero attached hydrogens (tertiary/aromatic N) is 2. The minimum absolute atomic E-state index is 0.380. The fourth-order valence-electron chi connectivity index (χ4n) is 2.96. The van der Waals surface area contributed by atoms with Crippen LogP contribution in [0.25, 0.3) is 5.65 Å². The lowest BCUT2D eigenvalue weighted by molar-refractivity contribution is 0.0843. The first-order valence-electron chi connectivity index (χ1n) is 7.93. The Morgan fingerprint density at radius 1 is 1.16 bits per heavy atom. The number of amides is 2. The average Bonchev–Trinajstić information content (AvgIpc) is 3.21. The molecule has 0 unspecified atom stereocenters. The number of benzene rings is 1. The fourth-order valence-corrected chi connectivity index (χ4v) is 2.96. The second kappa shape index (κ2) is 5.94. The number of imidazole rings is 1. The van der Waals surface area contributed by atoms with Crippen molar-refractivity contribution in [3.63, 3.8) is 0 Å². The van der Waals surface area contributed by atoms with Crippen molar-refractivity contribution in [1.82, 2.24) is 20.2 Å². The zero-order valence-corrected chi connectivity index (χ0v) is 13.6. The minimum atomic E-state index is -0.422. The molecule has 0 saturated heterocycles. The smallest absolute Gasteiger partial charge is 0.288 e. The normalized spacial score (nSPS) is 12.5. The van der Waals surface area contributed by atoms with Gasteiger partial charge in [0, 0.05) is 18.2 Å². The average molecular weight is 336 g/mol. The lowest BCUT2D eigenvalue weighted by Crippen LogP contribution is -2.42. The highest BCUT2D eigenvalue weighted by Gasteiger charge is 2.18. The van der Waals surface area contributed by atoms with Crippen molar-refractivity contribution < 1.29 is 14.3 Å². The van der Waals surface area contributed by atoms with Crippen molar-refractivity contribution in [2.24, 2.45) is 0 Å². The standard InChI is InChI=1S/C18H16N4O3/c1-11-16(22-8-3-2-4-15(22)19-11)18(24)21-20-17(23)13-5-6-14-12(10-13)7-9-25-14/h2-6,8,10H,7,9H2,1H3,(H,20,23)(H,21,24). The molecule has 0 saturated carbocycles. The number of pyridine rings is 1. The third-order valence-corrected chi connectivity index (χ3v) is 4.16. The third kappa shape index (κ3) is 2.69. The van der Waals surface area contributed by atoms with E-state index in [4.69, 9.17) is 4.74 Å². The highest BCUT2D eigenvalue weighted by molar-refractivity contribution is 5.99. The third-order valence-electron chi connectivity index (χ3n) is 4.16. The Morgan fingerprint density at radius 3 is 2.88 bits per heavy atom. The number of aromatic nitrogens is 2. The Morgan fingerprint density at radius 2 is 2.00 bits per heavy atom. The molecule has 2 N–H and O–H groups in total. The topological polar surface area (TPSA) is 84.7 Å². The second-order valence-corrected chi connectivity index (χ2v) is 5.80. The molecule has 0 spiro atoms. The molecule has 2 aromatic heterocycles. The Hall–Kier alpha value is -3.35. The van der Waals surface area contributed by atoms with Gasteiger partial charge in [-0.25, -0.2) is 4.98 Å². The first-order valence-corrected chi connectivity index (χ1v) is 7.93. The Kier molecular flexibility index (Phi) is 3.61. The van der Waals surface area contributed by atoms with Crippen LogP contribution in [-0.4, -0.2) is 27.8 Å². The molecule has 2 amide bonds. The Labute approximate surface area is 143 Å². The van der Waals surface area contributed by atoms with E-state index in [-0.39, 0.29) is 5.91 Å². The van der Waals surface area contributed by atoms with Crippen molar-refractivity contribution >= 4 is 17.5 Å². The molecular formula is C18H16N4O3. The van der Waals surface area contributed by atoms with E-state index < -0.39 is 5.91 Å². The highest BCUT2D eigenvalue weighted by atomic mass is 16.5. The second-order valence-electron chi connectivity index (χ2n) is 5.80. The van der Waals surface area contributed by atoms with E-state index in [1.807, 2.05) is 18.2 Å².